The van der Waals surface area contributed by atoms with Gasteiger partial charge < -0.3 is 25.6 Å². The molecule has 3 amide bonds. The lowest BCUT2D eigenvalue weighted by molar-refractivity contribution is -0.133. The SMILES string of the molecule is CNC(C)(C(N)=O)[C@@H]1CN(C(=O)c2ccc(F)cc2)c2cc(Cl)ccc2N(Cc2c(OC(F)F)ccc3ccccc23)C1=O.Cl. The molecule has 0 fully saturated rings. The molecular weight excluding hydrogens is 632 g/mol. The zero-order valence-electron chi connectivity index (χ0n) is 24.1. The second-order valence-electron chi connectivity index (χ2n) is 10.5. The van der Waals surface area contributed by atoms with Gasteiger partial charge in [0.05, 0.1) is 23.8 Å². The minimum absolute atomic E-state index is 0. The number of alkyl halides is 2. The molecule has 0 bridgehead atoms. The zero-order valence-corrected chi connectivity index (χ0v) is 25.7. The number of fused-ring (bicyclic) bond motifs is 2. The van der Waals surface area contributed by atoms with Gasteiger partial charge in [-0.15, -0.1) is 12.4 Å². The number of halogens is 5. The van der Waals surface area contributed by atoms with Crippen molar-refractivity contribution >= 4 is 63.9 Å². The quantitative estimate of drug-likeness (QED) is 0.244. The van der Waals surface area contributed by atoms with Crippen molar-refractivity contribution in [2.75, 3.05) is 23.4 Å². The van der Waals surface area contributed by atoms with Crippen LogP contribution in [-0.2, 0) is 16.1 Å². The van der Waals surface area contributed by atoms with E-state index in [1.165, 1.54) is 60.2 Å². The molecule has 2 atom stereocenters. The summed E-state index contributed by atoms with van der Waals surface area (Å²) >= 11 is 6.39. The first-order valence-electron chi connectivity index (χ1n) is 13.6. The van der Waals surface area contributed by atoms with Crippen LogP contribution in [0, 0.1) is 11.7 Å². The van der Waals surface area contributed by atoms with Crippen molar-refractivity contribution in [3.05, 3.63) is 101 Å². The Kier molecular flexibility index (Phi) is 9.96. The summed E-state index contributed by atoms with van der Waals surface area (Å²) in [4.78, 5) is 44.0. The number of hydrogen-bond donors (Lipinski definition) is 2. The normalized spacial score (nSPS) is 16.1. The monoisotopic (exact) mass is 660 g/mol. The van der Waals surface area contributed by atoms with Crippen molar-refractivity contribution in [2.45, 2.75) is 25.6 Å². The molecule has 0 radical (unpaired) electrons. The number of nitrogens with two attached hydrogens (primary N) is 1. The van der Waals surface area contributed by atoms with Crippen LogP contribution in [0.25, 0.3) is 10.8 Å². The van der Waals surface area contributed by atoms with E-state index in [2.05, 4.69) is 5.32 Å². The second-order valence-corrected chi connectivity index (χ2v) is 10.9. The van der Waals surface area contributed by atoms with Crippen molar-refractivity contribution in [2.24, 2.45) is 11.7 Å². The molecule has 0 saturated heterocycles. The van der Waals surface area contributed by atoms with Crippen molar-refractivity contribution in [1.29, 1.82) is 0 Å². The van der Waals surface area contributed by atoms with Gasteiger partial charge in [0, 0.05) is 22.7 Å². The summed E-state index contributed by atoms with van der Waals surface area (Å²) in [5.41, 5.74) is 4.97. The molecular formula is C32H29Cl2F3N4O4. The Morgan fingerprint density at radius 1 is 1.07 bits per heavy atom. The molecule has 45 heavy (non-hydrogen) atoms. The third-order valence-corrected chi connectivity index (χ3v) is 8.28. The molecule has 3 N–H and O–H groups in total. The lowest BCUT2D eigenvalue weighted by Gasteiger charge is -2.36. The van der Waals surface area contributed by atoms with E-state index in [9.17, 15) is 27.6 Å². The van der Waals surface area contributed by atoms with E-state index in [1.54, 1.807) is 30.3 Å². The van der Waals surface area contributed by atoms with E-state index < -0.39 is 41.6 Å². The molecule has 0 aliphatic carbocycles. The highest BCUT2D eigenvalue weighted by Gasteiger charge is 2.49. The molecule has 1 aliphatic rings. The average Bonchev–Trinajstić information content (AvgIpc) is 3.11. The van der Waals surface area contributed by atoms with Gasteiger partial charge >= 0.3 is 6.61 Å². The fraction of sp³-hybridized carbons (Fsp3) is 0.219. The highest BCUT2D eigenvalue weighted by atomic mass is 35.5. The number of hydrogen-bond acceptors (Lipinski definition) is 5. The number of nitrogens with zero attached hydrogens (tertiary/aromatic N) is 2. The average molecular weight is 662 g/mol. The van der Waals surface area contributed by atoms with Crippen molar-refractivity contribution in [1.82, 2.24) is 5.32 Å². The fourth-order valence-electron chi connectivity index (χ4n) is 5.45. The van der Waals surface area contributed by atoms with E-state index >= 15 is 0 Å². The molecule has 13 heteroatoms. The van der Waals surface area contributed by atoms with Gasteiger partial charge in [-0.1, -0.05) is 41.9 Å². The largest absolute Gasteiger partial charge is 0.434 e. The number of ether oxygens (including phenoxy) is 1. The summed E-state index contributed by atoms with van der Waals surface area (Å²) in [7, 11) is 1.46. The molecule has 236 valence electrons. The first kappa shape index (κ1) is 33.6. The number of benzene rings is 4. The molecule has 0 spiro atoms. The van der Waals surface area contributed by atoms with E-state index in [-0.39, 0.29) is 58.8 Å². The van der Waals surface area contributed by atoms with E-state index in [1.807, 2.05) is 0 Å². The first-order valence-corrected chi connectivity index (χ1v) is 13.9. The topological polar surface area (TPSA) is 105 Å². The number of rotatable bonds is 8. The molecule has 1 heterocycles. The van der Waals surface area contributed by atoms with Crippen LogP contribution in [0.2, 0.25) is 5.02 Å². The van der Waals surface area contributed by atoms with Crippen molar-refractivity contribution in [3.8, 4) is 5.75 Å². The Hall–Kier alpha value is -4.32. The summed E-state index contributed by atoms with van der Waals surface area (Å²) < 4.78 is 45.7. The van der Waals surface area contributed by atoms with Crippen LogP contribution in [-0.4, -0.2) is 43.5 Å². The number of carbonyl (C=O) groups is 3. The third kappa shape index (κ3) is 6.42. The van der Waals surface area contributed by atoms with Gasteiger partial charge in [-0.3, -0.25) is 14.4 Å². The van der Waals surface area contributed by atoms with Gasteiger partial charge in [0.1, 0.15) is 17.1 Å². The Morgan fingerprint density at radius 2 is 1.76 bits per heavy atom. The molecule has 4 aromatic rings. The number of likely N-dealkylation sites (N-methyl/N-ethyl adjacent to an activating group) is 1. The molecule has 8 nitrogen and oxygen atoms in total. The molecule has 5 rings (SSSR count). The lowest BCUT2D eigenvalue weighted by atomic mass is 9.83. The summed E-state index contributed by atoms with van der Waals surface area (Å²) in [6.45, 7) is -2.29. The molecule has 0 saturated carbocycles. The summed E-state index contributed by atoms with van der Waals surface area (Å²) in [6.07, 6.45) is 0. The van der Waals surface area contributed by atoms with E-state index in [4.69, 9.17) is 22.1 Å². The predicted octanol–water partition coefficient (Wildman–Crippen LogP) is 5.93. The third-order valence-electron chi connectivity index (χ3n) is 8.04. The van der Waals surface area contributed by atoms with Crippen LogP contribution in [0.3, 0.4) is 0 Å². The maximum absolute atomic E-state index is 14.6. The first-order chi connectivity index (χ1) is 20.9. The van der Waals surface area contributed by atoms with Gasteiger partial charge in [0.25, 0.3) is 5.91 Å². The number of primary amides is 1. The second kappa shape index (κ2) is 13.4. The Bertz CT molecular complexity index is 1760. The minimum Gasteiger partial charge on any atom is -0.434 e. The van der Waals surface area contributed by atoms with Crippen molar-refractivity contribution in [3.63, 3.8) is 0 Å². The highest BCUT2D eigenvalue weighted by molar-refractivity contribution is 6.31. The predicted molar refractivity (Wildman–Crippen MR) is 169 cm³/mol. The molecule has 1 unspecified atom stereocenters. The fourth-order valence-corrected chi connectivity index (χ4v) is 5.62. The van der Waals surface area contributed by atoms with Crippen LogP contribution < -0.4 is 25.6 Å². The van der Waals surface area contributed by atoms with Gasteiger partial charge in [0.2, 0.25) is 11.8 Å². The maximum Gasteiger partial charge on any atom is 0.387 e. The number of nitrogens with one attached hydrogen (secondary N) is 1. The summed E-state index contributed by atoms with van der Waals surface area (Å²) in [6, 6.07) is 19.5. The Balaban J connectivity index is 0.00000461. The van der Waals surface area contributed by atoms with E-state index in [0.717, 1.165) is 12.1 Å². The van der Waals surface area contributed by atoms with Crippen LogP contribution >= 0.6 is 24.0 Å². The molecule has 0 aromatic heterocycles. The molecule has 4 aromatic carbocycles. The van der Waals surface area contributed by atoms with Gasteiger partial charge in [0.15, 0.2) is 0 Å². The van der Waals surface area contributed by atoms with Crippen molar-refractivity contribution < 1.29 is 32.3 Å². The number of carbonyl (C=O) groups excluding carboxylic acids is 3. The van der Waals surface area contributed by atoms with Gasteiger partial charge in [-0.2, -0.15) is 8.78 Å². The molecule has 1 aliphatic heterocycles. The smallest absolute Gasteiger partial charge is 0.387 e. The number of anilines is 2. The number of amides is 3. The zero-order chi connectivity index (χ0) is 31.8. The van der Waals surface area contributed by atoms with Crippen LogP contribution in [0.1, 0.15) is 22.8 Å². The summed E-state index contributed by atoms with van der Waals surface area (Å²) in [5.74, 6) is -4.03. The summed E-state index contributed by atoms with van der Waals surface area (Å²) in [5, 5.41) is 4.35. The highest BCUT2D eigenvalue weighted by Crippen LogP contribution is 2.42. The van der Waals surface area contributed by atoms with Crippen LogP contribution in [0.5, 0.6) is 5.75 Å². The van der Waals surface area contributed by atoms with Gasteiger partial charge in [-0.25, -0.2) is 4.39 Å². The maximum atomic E-state index is 14.6. The van der Waals surface area contributed by atoms with Crippen LogP contribution in [0.15, 0.2) is 78.9 Å². The standard InChI is InChI=1S/C32H28ClF3N4O4.ClH/c1-32(38-2,30(37)43)24-17-40(28(41)19-7-11-21(34)12-8-19)26-15-20(33)10-13-25(26)39(29(24)42)16-23-22-6-4-3-5-18(22)9-14-27(23)44-31(35)36;/h3-15,24,31,38H,16-17H2,1-2H3,(H2,37,43);1H/t24-,32?;/m1./s1. The Labute approximate surface area is 268 Å². The Morgan fingerprint density at radius 3 is 2.40 bits per heavy atom. The van der Waals surface area contributed by atoms with Crippen LogP contribution in [0.4, 0.5) is 24.5 Å². The lowest BCUT2D eigenvalue weighted by Crippen LogP contribution is -2.63. The van der Waals surface area contributed by atoms with E-state index in [0.29, 0.717) is 10.8 Å². The minimum atomic E-state index is -3.14. The van der Waals surface area contributed by atoms with Gasteiger partial charge in [-0.05, 0) is 73.3 Å².